The average molecular weight is 424 g/mol. The Hall–Kier alpha value is -2.41. The van der Waals surface area contributed by atoms with Crippen molar-refractivity contribution in [3.8, 4) is 17.0 Å². The van der Waals surface area contributed by atoms with Crippen LogP contribution in [0.5, 0.6) is 5.75 Å². The van der Waals surface area contributed by atoms with Crippen molar-refractivity contribution >= 4 is 17.0 Å². The number of thiazole rings is 1. The minimum atomic E-state index is 0.821. The molecule has 2 aromatic carbocycles. The molecule has 5 nitrogen and oxygen atoms in total. The molecule has 0 unspecified atom stereocenters. The molecule has 0 atom stereocenters. The van der Waals surface area contributed by atoms with E-state index in [-0.39, 0.29) is 0 Å². The molecule has 0 amide bonds. The van der Waals surface area contributed by atoms with Crippen LogP contribution in [0, 0.1) is 13.8 Å². The van der Waals surface area contributed by atoms with Crippen molar-refractivity contribution in [3.63, 3.8) is 0 Å². The molecule has 0 saturated carbocycles. The summed E-state index contributed by atoms with van der Waals surface area (Å²) in [4.78, 5) is 8.44. The van der Waals surface area contributed by atoms with Crippen molar-refractivity contribution in [3.05, 3.63) is 63.8 Å². The number of morpholine rings is 1. The summed E-state index contributed by atoms with van der Waals surface area (Å²) in [5.74, 6) is 0.844. The fourth-order valence-corrected chi connectivity index (χ4v) is 4.73. The van der Waals surface area contributed by atoms with Gasteiger partial charge in [-0.1, -0.05) is 23.8 Å². The summed E-state index contributed by atoms with van der Waals surface area (Å²) in [7, 11) is 1.68. The molecule has 1 aliphatic rings. The third kappa shape index (κ3) is 4.83. The van der Waals surface area contributed by atoms with Gasteiger partial charge >= 0.3 is 0 Å². The molecule has 0 aliphatic carbocycles. The normalized spacial score (nSPS) is 15.5. The summed E-state index contributed by atoms with van der Waals surface area (Å²) < 4.78 is 13.1. The van der Waals surface area contributed by atoms with Crippen LogP contribution in [-0.4, -0.2) is 49.4 Å². The summed E-state index contributed by atoms with van der Waals surface area (Å²) >= 11 is 1.70. The molecule has 1 fully saturated rings. The van der Waals surface area contributed by atoms with Gasteiger partial charge in [-0.25, -0.2) is 4.99 Å². The van der Waals surface area contributed by atoms with Crippen LogP contribution in [0.4, 0.5) is 5.69 Å². The zero-order chi connectivity index (χ0) is 20.9. The first-order valence-electron chi connectivity index (χ1n) is 10.4. The molecular weight excluding hydrogens is 394 g/mol. The van der Waals surface area contributed by atoms with Crippen LogP contribution in [0.2, 0.25) is 0 Å². The number of methoxy groups -OCH3 is 1. The Morgan fingerprint density at radius 1 is 1.03 bits per heavy atom. The van der Waals surface area contributed by atoms with E-state index in [1.165, 1.54) is 22.4 Å². The molecule has 3 aromatic rings. The topological polar surface area (TPSA) is 39.0 Å². The standard InChI is InChI=1S/C24H29N3O2S/c1-18-4-9-22(19(2)16-18)23-17-30-24(25-20-5-7-21(28-3)8-6-20)27(23)11-10-26-12-14-29-15-13-26/h4-9,16-17H,10-15H2,1-3H3. The second-order valence-electron chi connectivity index (χ2n) is 7.64. The number of nitrogens with zero attached hydrogens (tertiary/aromatic N) is 3. The summed E-state index contributed by atoms with van der Waals surface area (Å²) in [6.45, 7) is 9.86. The Bertz CT molecular complexity index is 1050. The van der Waals surface area contributed by atoms with Crippen molar-refractivity contribution in [1.29, 1.82) is 0 Å². The van der Waals surface area contributed by atoms with Crippen LogP contribution < -0.4 is 9.54 Å². The zero-order valence-corrected chi connectivity index (χ0v) is 18.7. The number of rotatable bonds is 6. The van der Waals surface area contributed by atoms with E-state index < -0.39 is 0 Å². The Morgan fingerprint density at radius 3 is 2.50 bits per heavy atom. The molecule has 0 N–H and O–H groups in total. The molecule has 2 heterocycles. The summed E-state index contributed by atoms with van der Waals surface area (Å²) in [6.07, 6.45) is 0. The maximum absolute atomic E-state index is 5.50. The fourth-order valence-electron chi connectivity index (χ4n) is 3.78. The number of aryl methyl sites for hydroxylation is 2. The fraction of sp³-hybridized carbons (Fsp3) is 0.375. The third-order valence-corrected chi connectivity index (χ3v) is 6.36. The van der Waals surface area contributed by atoms with Crippen molar-refractivity contribution in [2.45, 2.75) is 20.4 Å². The first-order chi connectivity index (χ1) is 14.6. The van der Waals surface area contributed by atoms with E-state index in [1.54, 1.807) is 18.4 Å². The molecule has 1 aromatic heterocycles. The van der Waals surface area contributed by atoms with Gasteiger partial charge in [-0.2, -0.15) is 0 Å². The second kappa shape index (κ2) is 9.60. The van der Waals surface area contributed by atoms with E-state index in [1.807, 2.05) is 24.3 Å². The van der Waals surface area contributed by atoms with Crippen molar-refractivity contribution in [2.24, 2.45) is 4.99 Å². The predicted molar refractivity (Wildman–Crippen MR) is 123 cm³/mol. The SMILES string of the molecule is COc1ccc(N=c2scc(-c3ccc(C)cc3C)n2CCN2CCOCC2)cc1. The number of aromatic nitrogens is 1. The number of benzene rings is 2. The van der Waals surface area contributed by atoms with E-state index in [0.29, 0.717) is 0 Å². The molecule has 0 spiro atoms. The molecule has 158 valence electrons. The highest BCUT2D eigenvalue weighted by Crippen LogP contribution is 2.26. The van der Waals surface area contributed by atoms with Crippen LogP contribution in [0.25, 0.3) is 11.3 Å². The van der Waals surface area contributed by atoms with Crippen LogP contribution in [0.15, 0.2) is 52.8 Å². The average Bonchev–Trinajstić information content (AvgIpc) is 3.15. The molecule has 1 aliphatic heterocycles. The Balaban J connectivity index is 1.71. The molecule has 0 radical (unpaired) electrons. The van der Waals surface area contributed by atoms with Crippen molar-refractivity contribution < 1.29 is 9.47 Å². The van der Waals surface area contributed by atoms with Gasteiger partial charge in [-0.05, 0) is 43.7 Å². The number of ether oxygens (including phenoxy) is 2. The molecule has 4 rings (SSSR count). The number of hydrogen-bond acceptors (Lipinski definition) is 5. The van der Waals surface area contributed by atoms with Crippen LogP contribution in [0.1, 0.15) is 11.1 Å². The summed E-state index contributed by atoms with van der Waals surface area (Å²) in [6, 6.07) is 14.6. The highest BCUT2D eigenvalue weighted by molar-refractivity contribution is 7.07. The smallest absolute Gasteiger partial charge is 0.190 e. The Morgan fingerprint density at radius 2 is 1.80 bits per heavy atom. The first-order valence-corrected chi connectivity index (χ1v) is 11.3. The minimum Gasteiger partial charge on any atom is -0.497 e. The highest BCUT2D eigenvalue weighted by atomic mass is 32.1. The third-order valence-electron chi connectivity index (χ3n) is 5.50. The van der Waals surface area contributed by atoms with Gasteiger partial charge in [-0.3, -0.25) is 4.90 Å². The van der Waals surface area contributed by atoms with Crippen molar-refractivity contribution in [1.82, 2.24) is 9.47 Å². The molecule has 6 heteroatoms. The lowest BCUT2D eigenvalue weighted by atomic mass is 10.0. The minimum absolute atomic E-state index is 0.821. The lowest BCUT2D eigenvalue weighted by Gasteiger charge is -2.27. The van der Waals surface area contributed by atoms with Crippen molar-refractivity contribution in [2.75, 3.05) is 40.0 Å². The molecular formula is C24H29N3O2S. The molecule has 1 saturated heterocycles. The zero-order valence-electron chi connectivity index (χ0n) is 17.9. The lowest BCUT2D eigenvalue weighted by molar-refractivity contribution is 0.0363. The summed E-state index contributed by atoms with van der Waals surface area (Å²) in [5, 5.41) is 2.24. The van der Waals surface area contributed by atoms with E-state index in [9.17, 15) is 0 Å². The quantitative estimate of drug-likeness (QED) is 0.590. The lowest BCUT2D eigenvalue weighted by Crippen LogP contribution is -2.39. The second-order valence-corrected chi connectivity index (χ2v) is 8.47. The Kier molecular flexibility index (Phi) is 6.67. The first kappa shape index (κ1) is 20.8. The summed E-state index contributed by atoms with van der Waals surface area (Å²) in [5.41, 5.74) is 6.02. The van der Waals surface area contributed by atoms with Crippen LogP contribution in [0.3, 0.4) is 0 Å². The van der Waals surface area contributed by atoms with Gasteiger partial charge in [0.2, 0.25) is 0 Å². The maximum atomic E-state index is 5.50. The van der Waals surface area contributed by atoms with Gasteiger partial charge in [0.25, 0.3) is 0 Å². The van der Waals surface area contributed by atoms with Gasteiger partial charge in [-0.15, -0.1) is 11.3 Å². The largest absolute Gasteiger partial charge is 0.497 e. The van der Waals surface area contributed by atoms with Gasteiger partial charge in [0.15, 0.2) is 4.80 Å². The van der Waals surface area contributed by atoms with Gasteiger partial charge in [0.05, 0.1) is 31.7 Å². The van der Waals surface area contributed by atoms with Crippen LogP contribution >= 0.6 is 11.3 Å². The van der Waals surface area contributed by atoms with Gasteiger partial charge in [0, 0.05) is 37.1 Å². The monoisotopic (exact) mass is 423 g/mol. The van der Waals surface area contributed by atoms with Gasteiger partial charge in [0.1, 0.15) is 5.75 Å². The molecule has 0 bridgehead atoms. The van der Waals surface area contributed by atoms with Crippen LogP contribution in [-0.2, 0) is 11.3 Å². The highest BCUT2D eigenvalue weighted by Gasteiger charge is 2.14. The Labute approximate surface area is 182 Å². The predicted octanol–water partition coefficient (Wildman–Crippen LogP) is 4.41. The van der Waals surface area contributed by atoms with E-state index in [4.69, 9.17) is 14.5 Å². The van der Waals surface area contributed by atoms with Gasteiger partial charge < -0.3 is 14.0 Å². The maximum Gasteiger partial charge on any atom is 0.190 e. The van der Waals surface area contributed by atoms with E-state index >= 15 is 0 Å². The molecule has 30 heavy (non-hydrogen) atoms. The van der Waals surface area contributed by atoms with E-state index in [0.717, 1.165) is 55.6 Å². The number of hydrogen-bond donors (Lipinski definition) is 0. The van der Waals surface area contributed by atoms with E-state index in [2.05, 4.69) is 46.9 Å².